The molecule has 0 aromatic carbocycles. The largest absolute Gasteiger partial charge is 0.392 e. The van der Waals surface area contributed by atoms with Gasteiger partial charge in [0.1, 0.15) is 0 Å². The van der Waals surface area contributed by atoms with Crippen LogP contribution in [0.1, 0.15) is 25.1 Å². The van der Waals surface area contributed by atoms with Crippen LogP contribution in [-0.2, 0) is 6.42 Å². The van der Waals surface area contributed by atoms with Gasteiger partial charge in [0, 0.05) is 15.8 Å². The second-order valence-corrected chi connectivity index (χ2v) is 5.20. The van der Waals surface area contributed by atoms with Crippen LogP contribution in [0.2, 0.25) is 0 Å². The first-order valence-corrected chi connectivity index (χ1v) is 6.22. The molecular formula is C10H15BrOS. The van der Waals surface area contributed by atoms with Crippen LogP contribution in [0.4, 0.5) is 0 Å². The average Bonchev–Trinajstić information content (AvgIpc) is 2.50. The van der Waals surface area contributed by atoms with Crippen molar-refractivity contribution >= 4 is 27.3 Å². The standard InChI is InChI=1S/C10H15BrOS/c1-3-7(2)9(12)6-10-8(11)4-5-13-10/h4-5,7,9,12H,3,6H2,1-2H3. The van der Waals surface area contributed by atoms with Gasteiger partial charge >= 0.3 is 0 Å². The number of hydrogen-bond acceptors (Lipinski definition) is 2. The lowest BCUT2D eigenvalue weighted by molar-refractivity contribution is 0.115. The van der Waals surface area contributed by atoms with Gasteiger partial charge in [-0.1, -0.05) is 20.3 Å². The van der Waals surface area contributed by atoms with E-state index in [0.29, 0.717) is 5.92 Å². The summed E-state index contributed by atoms with van der Waals surface area (Å²) in [6.07, 6.45) is 1.59. The minimum Gasteiger partial charge on any atom is -0.392 e. The quantitative estimate of drug-likeness (QED) is 0.882. The maximum Gasteiger partial charge on any atom is 0.0614 e. The fraction of sp³-hybridized carbons (Fsp3) is 0.600. The first-order chi connectivity index (χ1) is 6.15. The van der Waals surface area contributed by atoms with Gasteiger partial charge in [0.2, 0.25) is 0 Å². The molecule has 13 heavy (non-hydrogen) atoms. The monoisotopic (exact) mass is 262 g/mol. The topological polar surface area (TPSA) is 20.2 Å². The smallest absolute Gasteiger partial charge is 0.0614 e. The van der Waals surface area contributed by atoms with E-state index in [4.69, 9.17) is 0 Å². The Morgan fingerprint density at radius 2 is 2.31 bits per heavy atom. The van der Waals surface area contributed by atoms with Crippen LogP contribution in [-0.4, -0.2) is 11.2 Å². The summed E-state index contributed by atoms with van der Waals surface area (Å²) in [6, 6.07) is 2.03. The third-order valence-corrected chi connectivity index (χ3v) is 4.34. The van der Waals surface area contributed by atoms with Gasteiger partial charge in [-0.25, -0.2) is 0 Å². The molecule has 2 atom stereocenters. The van der Waals surface area contributed by atoms with Crippen LogP contribution in [0.5, 0.6) is 0 Å². The van der Waals surface area contributed by atoms with E-state index in [9.17, 15) is 5.11 Å². The molecule has 1 aromatic heterocycles. The molecule has 0 bridgehead atoms. The van der Waals surface area contributed by atoms with Crippen LogP contribution in [0.15, 0.2) is 15.9 Å². The summed E-state index contributed by atoms with van der Waals surface area (Å²) in [7, 11) is 0. The number of hydrogen-bond donors (Lipinski definition) is 1. The minimum absolute atomic E-state index is 0.208. The summed E-state index contributed by atoms with van der Waals surface area (Å²) in [5.74, 6) is 0.383. The lowest BCUT2D eigenvalue weighted by Gasteiger charge is -2.16. The molecule has 0 amide bonds. The van der Waals surface area contributed by atoms with E-state index < -0.39 is 0 Å². The van der Waals surface area contributed by atoms with Crippen molar-refractivity contribution in [1.29, 1.82) is 0 Å². The van der Waals surface area contributed by atoms with Crippen molar-refractivity contribution in [2.45, 2.75) is 32.8 Å². The molecule has 0 saturated carbocycles. The van der Waals surface area contributed by atoms with Crippen molar-refractivity contribution in [1.82, 2.24) is 0 Å². The summed E-state index contributed by atoms with van der Waals surface area (Å²) in [5, 5.41) is 11.8. The molecular weight excluding hydrogens is 248 g/mol. The molecule has 0 aliphatic rings. The Labute approximate surface area is 91.9 Å². The van der Waals surface area contributed by atoms with E-state index in [0.717, 1.165) is 17.3 Å². The highest BCUT2D eigenvalue weighted by Gasteiger charge is 2.14. The van der Waals surface area contributed by atoms with Crippen LogP contribution in [0.25, 0.3) is 0 Å². The zero-order valence-electron chi connectivity index (χ0n) is 7.96. The fourth-order valence-corrected chi connectivity index (χ4v) is 2.70. The molecule has 0 radical (unpaired) electrons. The van der Waals surface area contributed by atoms with Crippen molar-refractivity contribution in [3.63, 3.8) is 0 Å². The maximum atomic E-state index is 9.80. The summed E-state index contributed by atoms with van der Waals surface area (Å²) >= 11 is 5.16. The molecule has 1 rings (SSSR count). The van der Waals surface area contributed by atoms with Gasteiger partial charge in [-0.2, -0.15) is 0 Å². The van der Waals surface area contributed by atoms with Gasteiger partial charge in [-0.05, 0) is 33.3 Å². The molecule has 0 aliphatic heterocycles. The molecule has 1 nitrogen and oxygen atoms in total. The van der Waals surface area contributed by atoms with Gasteiger partial charge in [-0.3, -0.25) is 0 Å². The van der Waals surface area contributed by atoms with E-state index in [1.54, 1.807) is 11.3 Å². The molecule has 1 heterocycles. The highest BCUT2D eigenvalue weighted by Crippen LogP contribution is 2.25. The van der Waals surface area contributed by atoms with Crippen LogP contribution >= 0.6 is 27.3 Å². The number of aliphatic hydroxyl groups excluding tert-OH is 1. The second kappa shape index (κ2) is 5.13. The Kier molecular flexibility index (Phi) is 4.42. The molecule has 74 valence electrons. The zero-order chi connectivity index (χ0) is 9.84. The van der Waals surface area contributed by atoms with E-state index in [1.807, 2.05) is 11.4 Å². The predicted octanol–water partition coefficient (Wildman–Crippen LogP) is 3.46. The van der Waals surface area contributed by atoms with Crippen molar-refractivity contribution < 1.29 is 5.11 Å². The van der Waals surface area contributed by atoms with Gasteiger partial charge < -0.3 is 5.11 Å². The second-order valence-electron chi connectivity index (χ2n) is 3.35. The molecule has 0 spiro atoms. The van der Waals surface area contributed by atoms with Crippen LogP contribution < -0.4 is 0 Å². The molecule has 2 unspecified atom stereocenters. The summed E-state index contributed by atoms with van der Waals surface area (Å²) < 4.78 is 1.12. The molecule has 0 aliphatic carbocycles. The molecule has 1 N–H and O–H groups in total. The first-order valence-electron chi connectivity index (χ1n) is 4.55. The van der Waals surface area contributed by atoms with Crippen LogP contribution in [0, 0.1) is 5.92 Å². The highest BCUT2D eigenvalue weighted by molar-refractivity contribution is 9.10. The van der Waals surface area contributed by atoms with Crippen molar-refractivity contribution in [3.8, 4) is 0 Å². The number of aliphatic hydroxyl groups is 1. The number of rotatable bonds is 4. The molecule has 0 saturated heterocycles. The predicted molar refractivity (Wildman–Crippen MR) is 61.2 cm³/mol. The third kappa shape index (κ3) is 3.08. The van der Waals surface area contributed by atoms with Crippen molar-refractivity contribution in [3.05, 3.63) is 20.8 Å². The molecule has 1 aromatic rings. The van der Waals surface area contributed by atoms with E-state index >= 15 is 0 Å². The van der Waals surface area contributed by atoms with Crippen molar-refractivity contribution in [2.24, 2.45) is 5.92 Å². The summed E-state index contributed by atoms with van der Waals surface area (Å²) in [5.41, 5.74) is 0. The first kappa shape index (κ1) is 11.2. The average molecular weight is 263 g/mol. The Bertz CT molecular complexity index is 259. The summed E-state index contributed by atoms with van der Waals surface area (Å²) in [4.78, 5) is 1.24. The number of halogens is 1. The molecule has 0 fully saturated rings. The van der Waals surface area contributed by atoms with E-state index in [2.05, 4.69) is 29.8 Å². The van der Waals surface area contributed by atoms with Crippen molar-refractivity contribution in [2.75, 3.05) is 0 Å². The van der Waals surface area contributed by atoms with E-state index in [1.165, 1.54) is 4.88 Å². The Morgan fingerprint density at radius 1 is 1.62 bits per heavy atom. The fourth-order valence-electron chi connectivity index (χ4n) is 1.13. The summed E-state index contributed by atoms with van der Waals surface area (Å²) in [6.45, 7) is 4.20. The van der Waals surface area contributed by atoms with Gasteiger partial charge in [0.25, 0.3) is 0 Å². The van der Waals surface area contributed by atoms with Gasteiger partial charge in [0.15, 0.2) is 0 Å². The van der Waals surface area contributed by atoms with Gasteiger partial charge in [0.05, 0.1) is 6.10 Å². The zero-order valence-corrected chi connectivity index (χ0v) is 10.4. The van der Waals surface area contributed by atoms with E-state index in [-0.39, 0.29) is 6.10 Å². The minimum atomic E-state index is -0.208. The maximum absolute atomic E-state index is 9.80. The lowest BCUT2D eigenvalue weighted by atomic mass is 9.99. The van der Waals surface area contributed by atoms with Crippen LogP contribution in [0.3, 0.4) is 0 Å². The SMILES string of the molecule is CCC(C)C(O)Cc1sccc1Br. The normalized spacial score (nSPS) is 15.7. The Hall–Kier alpha value is 0.140. The Balaban J connectivity index is 2.54. The third-order valence-electron chi connectivity index (χ3n) is 2.39. The number of thiophene rings is 1. The Morgan fingerprint density at radius 3 is 2.77 bits per heavy atom. The molecule has 3 heteroatoms. The van der Waals surface area contributed by atoms with Gasteiger partial charge in [-0.15, -0.1) is 11.3 Å². The highest BCUT2D eigenvalue weighted by atomic mass is 79.9. The lowest BCUT2D eigenvalue weighted by Crippen LogP contribution is -2.19.